The van der Waals surface area contributed by atoms with Gasteiger partial charge in [-0.2, -0.15) is 0 Å². The topological polar surface area (TPSA) is 23.6 Å². The van der Waals surface area contributed by atoms with Gasteiger partial charge in [0.25, 0.3) is 0 Å². The van der Waals surface area contributed by atoms with E-state index < -0.39 is 0 Å². The summed E-state index contributed by atoms with van der Waals surface area (Å²) in [5.74, 6) is 0.743. The van der Waals surface area contributed by atoms with Gasteiger partial charge in [-0.25, -0.2) is 0 Å². The Morgan fingerprint density at radius 3 is 2.43 bits per heavy atom. The van der Waals surface area contributed by atoms with Crippen LogP contribution in [0, 0.1) is 5.92 Å². The molecule has 0 aliphatic carbocycles. The van der Waals surface area contributed by atoms with Gasteiger partial charge < -0.3 is 9.80 Å². The molecule has 3 unspecified atom stereocenters. The van der Waals surface area contributed by atoms with Gasteiger partial charge in [-0.3, -0.25) is 4.79 Å². The summed E-state index contributed by atoms with van der Waals surface area (Å²) in [5.41, 5.74) is 3.96. The second kappa shape index (κ2) is 8.38. The number of anilines is 1. The second-order valence-corrected chi connectivity index (χ2v) is 8.32. The molecule has 1 fully saturated rings. The summed E-state index contributed by atoms with van der Waals surface area (Å²) in [6.45, 7) is 3.16. The quantitative estimate of drug-likeness (QED) is 0.600. The molecule has 4 rings (SSSR count). The van der Waals surface area contributed by atoms with Crippen LogP contribution in [-0.2, 0) is 4.79 Å². The first kappa shape index (κ1) is 19.0. The first-order valence-corrected chi connectivity index (χ1v) is 10.9. The number of carbonyl (C=O) groups is 1. The fourth-order valence-electron chi connectivity index (χ4n) is 5.33. The van der Waals surface area contributed by atoms with Gasteiger partial charge in [0.15, 0.2) is 0 Å². The van der Waals surface area contributed by atoms with Crippen LogP contribution in [0.15, 0.2) is 54.6 Å². The number of para-hydroxylation sites is 1. The van der Waals surface area contributed by atoms with E-state index in [4.69, 9.17) is 0 Å². The van der Waals surface area contributed by atoms with E-state index in [1.807, 2.05) is 0 Å². The standard InChI is InChI=1S/C25H32N2O/c1-3-4-6-15-21-24(19-12-7-5-8-13-19)26(2)22-16-10-9-14-20(22)25(21)27-18-11-17-23(27)28/h5,7-10,12-14,16,21,24-25H,3-4,6,11,15,17-18H2,1-2H3. The van der Waals surface area contributed by atoms with E-state index in [2.05, 4.69) is 78.4 Å². The van der Waals surface area contributed by atoms with Crippen molar-refractivity contribution in [2.24, 2.45) is 5.92 Å². The molecule has 2 heterocycles. The lowest BCUT2D eigenvalue weighted by Gasteiger charge is -2.49. The lowest BCUT2D eigenvalue weighted by Crippen LogP contribution is -2.45. The highest BCUT2D eigenvalue weighted by molar-refractivity contribution is 5.79. The lowest BCUT2D eigenvalue weighted by molar-refractivity contribution is -0.131. The monoisotopic (exact) mass is 376 g/mol. The van der Waals surface area contributed by atoms with Crippen LogP contribution in [0.4, 0.5) is 5.69 Å². The number of hydrogen-bond acceptors (Lipinski definition) is 2. The Morgan fingerprint density at radius 1 is 0.964 bits per heavy atom. The molecule has 3 nitrogen and oxygen atoms in total. The van der Waals surface area contributed by atoms with Crippen molar-refractivity contribution in [1.29, 1.82) is 0 Å². The number of benzene rings is 2. The number of likely N-dealkylation sites (tertiary alicyclic amines) is 1. The molecule has 3 atom stereocenters. The zero-order valence-corrected chi connectivity index (χ0v) is 17.2. The number of rotatable bonds is 6. The molecule has 3 heteroatoms. The molecule has 148 valence electrons. The van der Waals surface area contributed by atoms with Crippen LogP contribution < -0.4 is 4.90 Å². The number of carbonyl (C=O) groups excluding carboxylic acids is 1. The minimum atomic E-state index is 0.185. The van der Waals surface area contributed by atoms with Gasteiger partial charge in [0.1, 0.15) is 0 Å². The molecule has 0 radical (unpaired) electrons. The van der Waals surface area contributed by atoms with E-state index in [0.29, 0.717) is 24.3 Å². The predicted molar refractivity (Wildman–Crippen MR) is 115 cm³/mol. The predicted octanol–water partition coefficient (Wildman–Crippen LogP) is 5.74. The third kappa shape index (κ3) is 3.43. The molecule has 2 aromatic rings. The Morgan fingerprint density at radius 2 is 1.71 bits per heavy atom. The summed E-state index contributed by atoms with van der Waals surface area (Å²) in [6.07, 6.45) is 6.54. The van der Waals surface area contributed by atoms with Gasteiger partial charge in [0.2, 0.25) is 5.91 Å². The summed E-state index contributed by atoms with van der Waals surface area (Å²) in [5, 5.41) is 0. The van der Waals surface area contributed by atoms with Crippen molar-refractivity contribution in [3.8, 4) is 0 Å². The first-order chi connectivity index (χ1) is 13.7. The number of nitrogens with zero attached hydrogens (tertiary/aromatic N) is 2. The average Bonchev–Trinajstić information content (AvgIpc) is 3.15. The van der Waals surface area contributed by atoms with E-state index in [1.54, 1.807) is 0 Å². The molecular weight excluding hydrogens is 344 g/mol. The Labute approximate surface area is 169 Å². The summed E-state index contributed by atoms with van der Waals surface area (Å²) in [4.78, 5) is 17.4. The minimum Gasteiger partial charge on any atom is -0.367 e. The van der Waals surface area contributed by atoms with Crippen molar-refractivity contribution in [3.63, 3.8) is 0 Å². The van der Waals surface area contributed by atoms with Crippen molar-refractivity contribution in [2.45, 2.75) is 57.5 Å². The van der Waals surface area contributed by atoms with Crippen LogP contribution in [0.5, 0.6) is 0 Å². The van der Waals surface area contributed by atoms with Crippen LogP contribution in [0.25, 0.3) is 0 Å². The Bertz CT molecular complexity index is 803. The molecule has 2 aliphatic heterocycles. The SMILES string of the molecule is CCCCCC1C(N2CCCC2=O)c2ccccc2N(C)C1c1ccccc1. The van der Waals surface area contributed by atoms with Crippen LogP contribution in [0.3, 0.4) is 0 Å². The maximum atomic E-state index is 12.8. The third-order valence-corrected chi connectivity index (χ3v) is 6.59. The highest BCUT2D eigenvalue weighted by Crippen LogP contribution is 2.51. The van der Waals surface area contributed by atoms with E-state index in [0.717, 1.165) is 19.4 Å². The summed E-state index contributed by atoms with van der Waals surface area (Å²) in [7, 11) is 2.23. The van der Waals surface area contributed by atoms with E-state index in [9.17, 15) is 4.79 Å². The molecule has 0 saturated carbocycles. The molecule has 2 aromatic carbocycles. The lowest BCUT2D eigenvalue weighted by atomic mass is 9.75. The van der Waals surface area contributed by atoms with Crippen LogP contribution in [0.2, 0.25) is 0 Å². The molecule has 0 N–H and O–H groups in total. The molecular formula is C25H32N2O. The first-order valence-electron chi connectivity index (χ1n) is 10.9. The van der Waals surface area contributed by atoms with Gasteiger partial charge in [0, 0.05) is 31.6 Å². The highest BCUT2D eigenvalue weighted by Gasteiger charge is 2.44. The molecule has 28 heavy (non-hydrogen) atoms. The van der Waals surface area contributed by atoms with Gasteiger partial charge in [0.05, 0.1) is 12.1 Å². The molecule has 0 bridgehead atoms. The van der Waals surface area contributed by atoms with Crippen LogP contribution in [-0.4, -0.2) is 24.4 Å². The van der Waals surface area contributed by atoms with E-state index >= 15 is 0 Å². The molecule has 0 spiro atoms. The van der Waals surface area contributed by atoms with Gasteiger partial charge >= 0.3 is 0 Å². The van der Waals surface area contributed by atoms with Crippen molar-refractivity contribution in [2.75, 3.05) is 18.5 Å². The van der Waals surface area contributed by atoms with Gasteiger partial charge in [-0.15, -0.1) is 0 Å². The Hall–Kier alpha value is -2.29. The average molecular weight is 377 g/mol. The summed E-state index contributed by atoms with van der Waals surface area (Å²) >= 11 is 0. The zero-order chi connectivity index (χ0) is 19.5. The fraction of sp³-hybridized carbons (Fsp3) is 0.480. The van der Waals surface area contributed by atoms with Crippen LogP contribution >= 0.6 is 0 Å². The van der Waals surface area contributed by atoms with E-state index in [1.165, 1.54) is 36.1 Å². The number of amides is 1. The maximum absolute atomic E-state index is 12.8. The van der Waals surface area contributed by atoms with Gasteiger partial charge in [-0.1, -0.05) is 74.7 Å². The summed E-state index contributed by atoms with van der Waals surface area (Å²) in [6, 6.07) is 20.1. The number of fused-ring (bicyclic) bond motifs is 1. The van der Waals surface area contributed by atoms with E-state index in [-0.39, 0.29) is 6.04 Å². The summed E-state index contributed by atoms with van der Waals surface area (Å²) < 4.78 is 0. The number of hydrogen-bond donors (Lipinski definition) is 0. The normalized spacial score (nSPS) is 24.5. The maximum Gasteiger partial charge on any atom is 0.223 e. The second-order valence-electron chi connectivity index (χ2n) is 8.32. The largest absolute Gasteiger partial charge is 0.367 e. The minimum absolute atomic E-state index is 0.185. The molecule has 2 aliphatic rings. The van der Waals surface area contributed by atoms with Crippen molar-refractivity contribution < 1.29 is 4.79 Å². The van der Waals surface area contributed by atoms with Gasteiger partial charge in [-0.05, 0) is 30.0 Å². The van der Waals surface area contributed by atoms with Crippen LogP contribution in [0.1, 0.15) is 68.7 Å². The van der Waals surface area contributed by atoms with Crippen molar-refractivity contribution >= 4 is 11.6 Å². The Kier molecular flexibility index (Phi) is 5.70. The third-order valence-electron chi connectivity index (χ3n) is 6.59. The molecule has 0 aromatic heterocycles. The fourth-order valence-corrected chi connectivity index (χ4v) is 5.33. The Balaban J connectivity index is 1.82. The van der Waals surface area contributed by atoms with Crippen molar-refractivity contribution in [1.82, 2.24) is 4.90 Å². The highest BCUT2D eigenvalue weighted by atomic mass is 16.2. The number of unbranched alkanes of at least 4 members (excludes halogenated alkanes) is 2. The van der Waals surface area contributed by atoms with Crippen molar-refractivity contribution in [3.05, 3.63) is 65.7 Å². The molecule has 1 saturated heterocycles. The zero-order valence-electron chi connectivity index (χ0n) is 17.2. The smallest absolute Gasteiger partial charge is 0.223 e. The molecule has 1 amide bonds.